The molecule has 0 bridgehead atoms. The lowest BCUT2D eigenvalue weighted by Crippen LogP contribution is -2.12. The Balaban J connectivity index is 1.89. The fourth-order valence-electron chi connectivity index (χ4n) is 2.33. The van der Waals surface area contributed by atoms with Crippen molar-refractivity contribution in [3.05, 3.63) is 59.0 Å². The molecule has 106 valence electrons. The molecule has 0 unspecified atom stereocenters. The molecule has 4 heteroatoms. The van der Waals surface area contributed by atoms with Crippen molar-refractivity contribution < 1.29 is 9.21 Å². The maximum atomic E-state index is 12.3. The molecule has 0 saturated carbocycles. The van der Waals surface area contributed by atoms with E-state index in [0.717, 1.165) is 11.3 Å². The van der Waals surface area contributed by atoms with E-state index in [9.17, 15) is 4.79 Å². The highest BCUT2D eigenvalue weighted by atomic mass is 16.3. The maximum Gasteiger partial charge on any atom is 0.255 e. The molecule has 1 amide bonds. The van der Waals surface area contributed by atoms with Crippen molar-refractivity contribution in [2.45, 2.75) is 20.8 Å². The molecule has 1 N–H and O–H groups in total. The third-order valence-corrected chi connectivity index (χ3v) is 3.39. The van der Waals surface area contributed by atoms with Crippen LogP contribution in [0.4, 0.5) is 5.69 Å². The monoisotopic (exact) mass is 280 g/mol. The zero-order chi connectivity index (χ0) is 15.0. The van der Waals surface area contributed by atoms with Gasteiger partial charge in [0.05, 0.1) is 0 Å². The second-order valence-electron chi connectivity index (χ2n) is 5.19. The molecule has 0 atom stereocenters. The third kappa shape index (κ3) is 2.65. The smallest absolute Gasteiger partial charge is 0.255 e. The van der Waals surface area contributed by atoms with Crippen molar-refractivity contribution in [3.8, 4) is 0 Å². The summed E-state index contributed by atoms with van der Waals surface area (Å²) in [5.41, 5.74) is 4.99. The summed E-state index contributed by atoms with van der Waals surface area (Å²) >= 11 is 0. The molecular weight excluding hydrogens is 264 g/mol. The third-order valence-electron chi connectivity index (χ3n) is 3.39. The van der Waals surface area contributed by atoms with Gasteiger partial charge < -0.3 is 9.73 Å². The lowest BCUT2D eigenvalue weighted by molar-refractivity contribution is 0.102. The van der Waals surface area contributed by atoms with Crippen LogP contribution in [0.1, 0.15) is 27.4 Å². The van der Waals surface area contributed by atoms with Gasteiger partial charge in [0, 0.05) is 18.2 Å². The van der Waals surface area contributed by atoms with Gasteiger partial charge in [0.2, 0.25) is 0 Å². The first-order chi connectivity index (χ1) is 10.0. The minimum atomic E-state index is -0.149. The number of anilines is 1. The average molecular weight is 280 g/mol. The second kappa shape index (κ2) is 5.05. The van der Waals surface area contributed by atoms with E-state index in [1.807, 2.05) is 32.0 Å². The molecule has 1 aromatic heterocycles. The zero-order valence-corrected chi connectivity index (χ0v) is 12.2. The Kier molecular flexibility index (Phi) is 3.22. The van der Waals surface area contributed by atoms with E-state index in [1.54, 1.807) is 25.1 Å². The highest BCUT2D eigenvalue weighted by Crippen LogP contribution is 2.20. The predicted molar refractivity (Wildman–Crippen MR) is 82.6 cm³/mol. The zero-order valence-electron chi connectivity index (χ0n) is 12.2. The minimum absolute atomic E-state index is 0.149. The largest absolute Gasteiger partial charge is 0.441 e. The molecule has 3 aromatic rings. The Hall–Kier alpha value is -2.62. The number of hydrogen-bond donors (Lipinski definition) is 1. The fourth-order valence-corrected chi connectivity index (χ4v) is 2.33. The molecular formula is C17H16N2O2. The molecule has 2 aromatic carbocycles. The molecule has 0 fully saturated rings. The summed E-state index contributed by atoms with van der Waals surface area (Å²) in [7, 11) is 0. The topological polar surface area (TPSA) is 55.1 Å². The van der Waals surface area contributed by atoms with Gasteiger partial charge in [-0.25, -0.2) is 4.98 Å². The summed E-state index contributed by atoms with van der Waals surface area (Å²) in [5.74, 6) is 0.446. The molecule has 0 aliphatic carbocycles. The van der Waals surface area contributed by atoms with Gasteiger partial charge in [-0.05, 0) is 43.7 Å². The summed E-state index contributed by atoms with van der Waals surface area (Å²) in [5, 5.41) is 2.93. The number of carbonyl (C=O) groups excluding carboxylic acids is 1. The first-order valence-corrected chi connectivity index (χ1v) is 6.79. The fraction of sp³-hybridized carbons (Fsp3) is 0.176. The number of aromatic nitrogens is 1. The summed E-state index contributed by atoms with van der Waals surface area (Å²) in [4.78, 5) is 16.6. The van der Waals surface area contributed by atoms with E-state index in [0.29, 0.717) is 22.6 Å². The number of oxazole rings is 1. The highest BCUT2D eigenvalue weighted by molar-refractivity contribution is 6.06. The van der Waals surface area contributed by atoms with E-state index in [2.05, 4.69) is 10.3 Å². The SMILES string of the molecule is Cc1ccc(NC(=O)c2ccc3oc(C)nc3c2)c(C)c1. The molecule has 0 saturated heterocycles. The lowest BCUT2D eigenvalue weighted by atomic mass is 10.1. The van der Waals surface area contributed by atoms with Crippen molar-refractivity contribution in [1.82, 2.24) is 4.98 Å². The Morgan fingerprint density at radius 1 is 1.10 bits per heavy atom. The molecule has 0 spiro atoms. The van der Waals surface area contributed by atoms with Gasteiger partial charge in [-0.1, -0.05) is 17.7 Å². The molecule has 21 heavy (non-hydrogen) atoms. The first kappa shape index (κ1) is 13.4. The van der Waals surface area contributed by atoms with E-state index in [1.165, 1.54) is 5.56 Å². The van der Waals surface area contributed by atoms with Crippen LogP contribution >= 0.6 is 0 Å². The molecule has 1 heterocycles. The van der Waals surface area contributed by atoms with Crippen LogP contribution in [0.3, 0.4) is 0 Å². The maximum absolute atomic E-state index is 12.3. The summed E-state index contributed by atoms with van der Waals surface area (Å²) in [6, 6.07) is 11.2. The average Bonchev–Trinajstić information content (AvgIpc) is 2.80. The minimum Gasteiger partial charge on any atom is -0.441 e. The number of aryl methyl sites for hydroxylation is 3. The number of benzene rings is 2. The lowest BCUT2D eigenvalue weighted by Gasteiger charge is -2.09. The second-order valence-corrected chi connectivity index (χ2v) is 5.19. The van der Waals surface area contributed by atoms with E-state index >= 15 is 0 Å². The van der Waals surface area contributed by atoms with Crippen molar-refractivity contribution in [2.24, 2.45) is 0 Å². The van der Waals surface area contributed by atoms with Crippen LogP contribution in [0.5, 0.6) is 0 Å². The number of amides is 1. The van der Waals surface area contributed by atoms with Crippen molar-refractivity contribution >= 4 is 22.7 Å². The highest BCUT2D eigenvalue weighted by Gasteiger charge is 2.10. The number of carbonyl (C=O) groups is 1. The van der Waals surface area contributed by atoms with E-state index < -0.39 is 0 Å². The summed E-state index contributed by atoms with van der Waals surface area (Å²) in [6.07, 6.45) is 0. The van der Waals surface area contributed by atoms with Crippen molar-refractivity contribution in [1.29, 1.82) is 0 Å². The Morgan fingerprint density at radius 2 is 1.90 bits per heavy atom. The standard InChI is InChI=1S/C17H16N2O2/c1-10-4-6-14(11(2)8-10)19-17(20)13-5-7-16-15(9-13)18-12(3)21-16/h4-9H,1-3H3,(H,19,20). The molecule has 0 aliphatic rings. The normalized spacial score (nSPS) is 10.8. The summed E-state index contributed by atoms with van der Waals surface area (Å²) in [6.45, 7) is 5.79. The number of nitrogens with zero attached hydrogens (tertiary/aromatic N) is 1. The van der Waals surface area contributed by atoms with Gasteiger partial charge in [0.15, 0.2) is 11.5 Å². The summed E-state index contributed by atoms with van der Waals surface area (Å²) < 4.78 is 5.41. The van der Waals surface area contributed by atoms with E-state index in [4.69, 9.17) is 4.42 Å². The van der Waals surface area contributed by atoms with Gasteiger partial charge in [-0.2, -0.15) is 0 Å². The number of fused-ring (bicyclic) bond motifs is 1. The van der Waals surface area contributed by atoms with Gasteiger partial charge >= 0.3 is 0 Å². The number of nitrogens with one attached hydrogen (secondary N) is 1. The molecule has 3 rings (SSSR count). The van der Waals surface area contributed by atoms with Crippen LogP contribution in [0.25, 0.3) is 11.1 Å². The van der Waals surface area contributed by atoms with Gasteiger partial charge in [-0.15, -0.1) is 0 Å². The molecule has 0 radical (unpaired) electrons. The Morgan fingerprint density at radius 3 is 2.67 bits per heavy atom. The van der Waals surface area contributed by atoms with Crippen LogP contribution in [-0.4, -0.2) is 10.9 Å². The quantitative estimate of drug-likeness (QED) is 0.771. The van der Waals surface area contributed by atoms with Crippen molar-refractivity contribution in [2.75, 3.05) is 5.32 Å². The van der Waals surface area contributed by atoms with Crippen LogP contribution in [-0.2, 0) is 0 Å². The van der Waals surface area contributed by atoms with Gasteiger partial charge in [-0.3, -0.25) is 4.79 Å². The Bertz CT molecular complexity index is 834. The number of hydrogen-bond acceptors (Lipinski definition) is 3. The van der Waals surface area contributed by atoms with Crippen LogP contribution in [0, 0.1) is 20.8 Å². The predicted octanol–water partition coefficient (Wildman–Crippen LogP) is 4.01. The van der Waals surface area contributed by atoms with Crippen LogP contribution in [0.2, 0.25) is 0 Å². The first-order valence-electron chi connectivity index (χ1n) is 6.79. The molecule has 4 nitrogen and oxygen atoms in total. The van der Waals surface area contributed by atoms with Crippen LogP contribution < -0.4 is 5.32 Å². The van der Waals surface area contributed by atoms with Gasteiger partial charge in [0.25, 0.3) is 5.91 Å². The number of rotatable bonds is 2. The van der Waals surface area contributed by atoms with Crippen LogP contribution in [0.15, 0.2) is 40.8 Å². The van der Waals surface area contributed by atoms with Crippen molar-refractivity contribution in [3.63, 3.8) is 0 Å². The van der Waals surface area contributed by atoms with E-state index in [-0.39, 0.29) is 5.91 Å². The van der Waals surface area contributed by atoms with Gasteiger partial charge in [0.1, 0.15) is 5.52 Å². The Labute approximate surface area is 122 Å². The molecule has 0 aliphatic heterocycles.